The molecule has 3 aromatic heterocycles. The molecule has 0 unspecified atom stereocenters. The number of pyridine rings is 1. The van der Waals surface area contributed by atoms with E-state index < -0.39 is 0 Å². The van der Waals surface area contributed by atoms with Crippen LogP contribution in [0, 0.1) is 6.92 Å². The minimum atomic E-state index is -0.109. The van der Waals surface area contributed by atoms with Crippen LogP contribution in [0.2, 0.25) is 0 Å². The van der Waals surface area contributed by atoms with Gasteiger partial charge >= 0.3 is 0 Å². The summed E-state index contributed by atoms with van der Waals surface area (Å²) in [4.78, 5) is 30.7. The van der Waals surface area contributed by atoms with Crippen LogP contribution in [0.4, 0.5) is 11.6 Å². The summed E-state index contributed by atoms with van der Waals surface area (Å²) in [5.41, 5.74) is 2.92. The van der Waals surface area contributed by atoms with Crippen LogP contribution in [-0.4, -0.2) is 56.8 Å². The lowest BCUT2D eigenvalue weighted by Gasteiger charge is -2.36. The molecule has 1 aliphatic rings. The number of nitrogens with one attached hydrogen (secondary N) is 1. The van der Waals surface area contributed by atoms with Crippen molar-refractivity contribution in [3.05, 3.63) is 72.3 Å². The average Bonchev–Trinajstić information content (AvgIpc) is 3.28. The molecule has 1 atom stereocenters. The van der Waals surface area contributed by atoms with Gasteiger partial charge in [0.15, 0.2) is 5.65 Å². The smallest absolute Gasteiger partial charge is 0.242 e. The normalized spacial score (nSPS) is 14.9. The van der Waals surface area contributed by atoms with Gasteiger partial charge in [-0.3, -0.25) is 4.79 Å². The Bertz CT molecular complexity index is 1260. The summed E-state index contributed by atoms with van der Waals surface area (Å²) in [6.45, 7) is 7.49. The van der Waals surface area contributed by atoms with E-state index >= 15 is 0 Å². The molecule has 1 fully saturated rings. The fraction of sp³-hybridized carbons (Fsp3) is 0.320. The number of amides is 1. The molecule has 1 amide bonds. The molecule has 0 spiro atoms. The van der Waals surface area contributed by atoms with Crippen molar-refractivity contribution in [2.75, 3.05) is 36.0 Å². The van der Waals surface area contributed by atoms with E-state index in [0.717, 1.165) is 48.8 Å². The van der Waals surface area contributed by atoms with Crippen LogP contribution in [0.1, 0.15) is 24.1 Å². The first-order valence-electron chi connectivity index (χ1n) is 11.5. The highest BCUT2D eigenvalue weighted by Gasteiger charge is 2.22. The monoisotopic (exact) mass is 456 g/mol. The fourth-order valence-corrected chi connectivity index (χ4v) is 4.30. The van der Waals surface area contributed by atoms with Gasteiger partial charge in [-0.1, -0.05) is 35.9 Å². The Morgan fingerprint density at radius 1 is 1.00 bits per heavy atom. The number of hydrogen-bond donors (Lipinski definition) is 1. The number of aromatic nitrogens is 5. The molecule has 9 heteroatoms. The number of nitrogens with zero attached hydrogens (tertiary/aromatic N) is 7. The van der Waals surface area contributed by atoms with Crippen LogP contribution in [0.15, 0.2) is 61.2 Å². The lowest BCUT2D eigenvalue weighted by molar-refractivity contribution is -0.122. The number of piperazine rings is 1. The Labute approximate surface area is 198 Å². The van der Waals surface area contributed by atoms with E-state index in [-0.39, 0.29) is 18.5 Å². The van der Waals surface area contributed by atoms with Crippen molar-refractivity contribution in [2.45, 2.75) is 26.4 Å². The van der Waals surface area contributed by atoms with E-state index in [0.29, 0.717) is 5.65 Å². The number of hydrogen-bond acceptors (Lipinski definition) is 7. The lowest BCUT2D eigenvalue weighted by Crippen LogP contribution is -2.47. The molecule has 5 rings (SSSR count). The van der Waals surface area contributed by atoms with E-state index in [1.165, 1.54) is 5.56 Å². The Balaban J connectivity index is 1.26. The molecule has 9 nitrogen and oxygen atoms in total. The quantitative estimate of drug-likeness (QED) is 0.477. The summed E-state index contributed by atoms with van der Waals surface area (Å²) in [5, 5.41) is 8.36. The van der Waals surface area contributed by atoms with E-state index in [4.69, 9.17) is 0 Å². The Hall–Kier alpha value is -4.01. The zero-order valence-corrected chi connectivity index (χ0v) is 19.4. The molecule has 0 bridgehead atoms. The Morgan fingerprint density at radius 3 is 2.50 bits per heavy atom. The van der Waals surface area contributed by atoms with Crippen molar-refractivity contribution in [3.8, 4) is 0 Å². The second-order valence-electron chi connectivity index (χ2n) is 8.60. The lowest BCUT2D eigenvalue weighted by atomic mass is 10.1. The topological polar surface area (TPSA) is 92.1 Å². The first-order valence-corrected chi connectivity index (χ1v) is 11.5. The van der Waals surface area contributed by atoms with Crippen LogP contribution in [0.25, 0.3) is 11.0 Å². The highest BCUT2D eigenvalue weighted by Crippen LogP contribution is 2.24. The van der Waals surface area contributed by atoms with E-state index in [1.807, 2.05) is 62.5 Å². The van der Waals surface area contributed by atoms with E-state index in [9.17, 15) is 4.79 Å². The molecule has 4 heterocycles. The number of anilines is 2. The third-order valence-corrected chi connectivity index (χ3v) is 6.21. The predicted octanol–water partition coefficient (Wildman–Crippen LogP) is 2.73. The first-order chi connectivity index (χ1) is 16.6. The summed E-state index contributed by atoms with van der Waals surface area (Å²) in [6.07, 6.45) is 5.13. The summed E-state index contributed by atoms with van der Waals surface area (Å²) in [5.74, 6) is 1.74. The molecule has 1 saturated heterocycles. The molecule has 0 radical (unpaired) electrons. The predicted molar refractivity (Wildman–Crippen MR) is 132 cm³/mol. The Morgan fingerprint density at radius 2 is 1.76 bits per heavy atom. The second-order valence-corrected chi connectivity index (χ2v) is 8.60. The zero-order valence-electron chi connectivity index (χ0n) is 19.4. The van der Waals surface area contributed by atoms with E-state index in [1.54, 1.807) is 17.2 Å². The summed E-state index contributed by atoms with van der Waals surface area (Å²) < 4.78 is 1.64. The minimum absolute atomic E-state index is 0.0875. The SMILES string of the molecule is Cc1ccc([C@@H](C)NC(=O)Cn2ncc3c(N4CCN(c5ccccn5)CC4)ncnc32)cc1. The maximum absolute atomic E-state index is 12.7. The molecule has 0 aliphatic carbocycles. The summed E-state index contributed by atoms with van der Waals surface area (Å²) in [6, 6.07) is 14.1. The minimum Gasteiger partial charge on any atom is -0.353 e. The molecule has 4 aromatic rings. The van der Waals surface area contributed by atoms with Crippen molar-refractivity contribution in [1.29, 1.82) is 0 Å². The molecule has 34 heavy (non-hydrogen) atoms. The zero-order chi connectivity index (χ0) is 23.5. The maximum Gasteiger partial charge on any atom is 0.242 e. The van der Waals surface area contributed by atoms with Crippen molar-refractivity contribution in [3.63, 3.8) is 0 Å². The largest absolute Gasteiger partial charge is 0.353 e. The molecule has 1 aliphatic heterocycles. The molecule has 174 valence electrons. The van der Waals surface area contributed by atoms with Crippen LogP contribution in [0.5, 0.6) is 0 Å². The number of rotatable bonds is 6. The van der Waals surface area contributed by atoms with Crippen LogP contribution < -0.4 is 15.1 Å². The molecule has 0 saturated carbocycles. The number of fused-ring (bicyclic) bond motifs is 1. The van der Waals surface area contributed by atoms with Crippen molar-refractivity contribution in [2.24, 2.45) is 0 Å². The standard InChI is InChI=1S/C25H28N8O/c1-18-6-8-20(9-7-18)19(2)30-23(34)16-33-25-21(15-29-33)24(27-17-28-25)32-13-11-31(12-14-32)22-5-3-4-10-26-22/h3-10,15,17,19H,11-14,16H2,1-2H3,(H,30,34)/t19-/m1/s1. The first kappa shape index (κ1) is 21.8. The third-order valence-electron chi connectivity index (χ3n) is 6.21. The van der Waals surface area contributed by atoms with Gasteiger partial charge in [0.2, 0.25) is 5.91 Å². The van der Waals surface area contributed by atoms with Gasteiger partial charge in [-0.05, 0) is 31.5 Å². The van der Waals surface area contributed by atoms with Crippen molar-refractivity contribution >= 4 is 28.6 Å². The van der Waals surface area contributed by atoms with Gasteiger partial charge < -0.3 is 15.1 Å². The molecular formula is C25H28N8O. The van der Waals surface area contributed by atoms with Gasteiger partial charge in [0.05, 0.1) is 17.6 Å². The average molecular weight is 457 g/mol. The second kappa shape index (κ2) is 9.46. The van der Waals surface area contributed by atoms with Crippen molar-refractivity contribution < 1.29 is 4.79 Å². The number of carbonyl (C=O) groups excluding carboxylic acids is 1. The molecule has 1 aromatic carbocycles. The number of aryl methyl sites for hydroxylation is 1. The number of benzene rings is 1. The van der Waals surface area contributed by atoms with Gasteiger partial charge in [-0.25, -0.2) is 19.6 Å². The fourth-order valence-electron chi connectivity index (χ4n) is 4.30. The van der Waals surface area contributed by atoms with Gasteiger partial charge in [-0.15, -0.1) is 0 Å². The Kier molecular flexibility index (Phi) is 6.07. The van der Waals surface area contributed by atoms with Gasteiger partial charge in [0.25, 0.3) is 0 Å². The summed E-state index contributed by atoms with van der Waals surface area (Å²) in [7, 11) is 0. The van der Waals surface area contributed by atoms with Crippen molar-refractivity contribution in [1.82, 2.24) is 30.0 Å². The highest BCUT2D eigenvalue weighted by molar-refractivity contribution is 5.88. The summed E-state index contributed by atoms with van der Waals surface area (Å²) >= 11 is 0. The van der Waals surface area contributed by atoms with Gasteiger partial charge in [-0.2, -0.15) is 5.10 Å². The van der Waals surface area contributed by atoms with Gasteiger partial charge in [0.1, 0.15) is 24.5 Å². The third kappa shape index (κ3) is 4.54. The van der Waals surface area contributed by atoms with Gasteiger partial charge in [0, 0.05) is 32.4 Å². The molecule has 1 N–H and O–H groups in total. The van der Waals surface area contributed by atoms with Crippen LogP contribution in [0.3, 0.4) is 0 Å². The van der Waals surface area contributed by atoms with E-state index in [2.05, 4.69) is 35.2 Å². The maximum atomic E-state index is 12.7. The highest BCUT2D eigenvalue weighted by atomic mass is 16.2. The van der Waals surface area contributed by atoms with Crippen LogP contribution in [-0.2, 0) is 11.3 Å². The molecular weight excluding hydrogens is 428 g/mol. The van der Waals surface area contributed by atoms with Crippen LogP contribution >= 0.6 is 0 Å². The number of carbonyl (C=O) groups is 1.